The van der Waals surface area contributed by atoms with Gasteiger partial charge in [0.2, 0.25) is 0 Å². The lowest BCUT2D eigenvalue weighted by Crippen LogP contribution is -2.03. The van der Waals surface area contributed by atoms with E-state index >= 15 is 0 Å². The van der Waals surface area contributed by atoms with Crippen LogP contribution in [0.5, 0.6) is 0 Å². The van der Waals surface area contributed by atoms with Gasteiger partial charge in [0, 0.05) is 22.4 Å². The summed E-state index contributed by atoms with van der Waals surface area (Å²) in [6.45, 7) is 0. The predicted octanol–water partition coefficient (Wildman–Crippen LogP) is 2.29. The van der Waals surface area contributed by atoms with E-state index in [2.05, 4.69) is 32.6 Å². The van der Waals surface area contributed by atoms with Gasteiger partial charge in [0.05, 0.1) is 6.10 Å². The molecule has 4 heteroatoms. The van der Waals surface area contributed by atoms with Crippen molar-refractivity contribution in [3.05, 3.63) is 51.6 Å². The molecule has 1 heterocycles. The number of halogens is 1. The Morgan fingerprint density at radius 2 is 2.07 bits per heavy atom. The summed E-state index contributed by atoms with van der Waals surface area (Å²) >= 11 is 2.24. The Morgan fingerprint density at radius 1 is 1.33 bits per heavy atom. The highest BCUT2D eigenvalue weighted by atomic mass is 127. The highest BCUT2D eigenvalue weighted by Crippen LogP contribution is 2.17. The van der Waals surface area contributed by atoms with Crippen LogP contribution in [-0.2, 0) is 6.42 Å². The maximum absolute atomic E-state index is 9.92. The van der Waals surface area contributed by atoms with E-state index in [0.29, 0.717) is 6.42 Å². The molecule has 1 unspecified atom stereocenters. The number of nitrogens with zero attached hydrogens (tertiary/aromatic N) is 1. The Balaban J connectivity index is 2.08. The lowest BCUT2D eigenvalue weighted by Gasteiger charge is -2.09. The van der Waals surface area contributed by atoms with Crippen LogP contribution in [0.1, 0.15) is 17.5 Å². The number of imidazole rings is 1. The van der Waals surface area contributed by atoms with E-state index in [0.717, 1.165) is 11.4 Å². The molecule has 2 aromatic rings. The number of hydrogen-bond donors (Lipinski definition) is 2. The normalized spacial score (nSPS) is 12.7. The zero-order valence-corrected chi connectivity index (χ0v) is 10.2. The first-order chi connectivity index (χ1) is 7.25. The number of benzene rings is 1. The van der Waals surface area contributed by atoms with E-state index in [-0.39, 0.29) is 0 Å². The first-order valence-electron chi connectivity index (χ1n) is 4.67. The molecule has 0 bridgehead atoms. The third-order valence-electron chi connectivity index (χ3n) is 2.20. The van der Waals surface area contributed by atoms with Gasteiger partial charge in [0.15, 0.2) is 0 Å². The molecular formula is C11H11IN2O. The maximum Gasteiger partial charge on any atom is 0.108 e. The van der Waals surface area contributed by atoms with Crippen LogP contribution in [0, 0.1) is 3.57 Å². The van der Waals surface area contributed by atoms with Crippen LogP contribution in [-0.4, -0.2) is 15.1 Å². The molecule has 0 saturated heterocycles. The number of hydrogen-bond acceptors (Lipinski definition) is 2. The van der Waals surface area contributed by atoms with Crippen LogP contribution >= 0.6 is 22.6 Å². The molecule has 0 radical (unpaired) electrons. The van der Waals surface area contributed by atoms with E-state index in [1.807, 2.05) is 24.3 Å². The molecule has 0 aliphatic rings. The van der Waals surface area contributed by atoms with Crippen LogP contribution in [0.25, 0.3) is 0 Å². The zero-order chi connectivity index (χ0) is 10.7. The number of nitrogens with one attached hydrogen (secondary N) is 1. The van der Waals surface area contributed by atoms with E-state index in [4.69, 9.17) is 0 Å². The molecule has 0 saturated carbocycles. The molecule has 2 rings (SSSR count). The zero-order valence-electron chi connectivity index (χ0n) is 8.02. The molecule has 78 valence electrons. The summed E-state index contributed by atoms with van der Waals surface area (Å²) in [5, 5.41) is 9.92. The van der Waals surface area contributed by atoms with Crippen LogP contribution in [0.15, 0.2) is 36.7 Å². The van der Waals surface area contributed by atoms with Gasteiger partial charge in [-0.05, 0) is 40.3 Å². The monoisotopic (exact) mass is 314 g/mol. The van der Waals surface area contributed by atoms with E-state index in [1.54, 1.807) is 12.4 Å². The fourth-order valence-corrected chi connectivity index (χ4v) is 1.76. The average Bonchev–Trinajstić information content (AvgIpc) is 2.71. The van der Waals surface area contributed by atoms with Crippen molar-refractivity contribution in [2.75, 3.05) is 0 Å². The van der Waals surface area contributed by atoms with Crippen LogP contribution in [0.3, 0.4) is 0 Å². The van der Waals surface area contributed by atoms with E-state index < -0.39 is 6.10 Å². The Kier molecular flexibility index (Phi) is 3.37. The van der Waals surface area contributed by atoms with Gasteiger partial charge in [0.1, 0.15) is 5.82 Å². The largest absolute Gasteiger partial charge is 0.388 e. The molecule has 0 aliphatic carbocycles. The molecule has 1 aromatic carbocycles. The third kappa shape index (κ3) is 2.79. The Morgan fingerprint density at radius 3 is 2.67 bits per heavy atom. The molecule has 1 atom stereocenters. The maximum atomic E-state index is 9.92. The smallest absolute Gasteiger partial charge is 0.108 e. The Bertz CT molecular complexity index is 411. The minimum atomic E-state index is -0.492. The van der Waals surface area contributed by atoms with Gasteiger partial charge < -0.3 is 10.1 Å². The Labute approximate surface area is 102 Å². The van der Waals surface area contributed by atoms with Crippen LogP contribution in [0.4, 0.5) is 0 Å². The molecule has 0 aliphatic heterocycles. The molecular weight excluding hydrogens is 303 g/mol. The molecule has 3 nitrogen and oxygen atoms in total. The minimum absolute atomic E-state index is 0.492. The summed E-state index contributed by atoms with van der Waals surface area (Å²) in [7, 11) is 0. The number of aliphatic hydroxyl groups excluding tert-OH is 1. The minimum Gasteiger partial charge on any atom is -0.388 e. The van der Waals surface area contributed by atoms with Crippen LogP contribution < -0.4 is 0 Å². The van der Waals surface area contributed by atoms with Gasteiger partial charge in [-0.3, -0.25) is 0 Å². The lowest BCUT2D eigenvalue weighted by molar-refractivity contribution is 0.176. The second-order valence-electron chi connectivity index (χ2n) is 3.31. The third-order valence-corrected chi connectivity index (χ3v) is 2.92. The second-order valence-corrected chi connectivity index (χ2v) is 4.55. The van der Waals surface area contributed by atoms with E-state index in [1.165, 1.54) is 3.57 Å². The lowest BCUT2D eigenvalue weighted by atomic mass is 10.1. The topological polar surface area (TPSA) is 48.9 Å². The fraction of sp³-hybridized carbons (Fsp3) is 0.182. The first kappa shape index (κ1) is 10.6. The summed E-state index contributed by atoms with van der Waals surface area (Å²) in [4.78, 5) is 7.06. The number of aromatic amines is 1. The molecule has 0 fully saturated rings. The standard InChI is InChI=1S/C11H11IN2O/c12-9-3-1-8(2-4-9)10(15)7-11-13-5-6-14-11/h1-6,10,15H,7H2,(H,13,14). The van der Waals surface area contributed by atoms with Gasteiger partial charge in [-0.25, -0.2) is 4.98 Å². The number of aliphatic hydroxyl groups is 1. The van der Waals surface area contributed by atoms with Gasteiger partial charge >= 0.3 is 0 Å². The molecule has 15 heavy (non-hydrogen) atoms. The fourth-order valence-electron chi connectivity index (χ4n) is 1.40. The molecule has 1 aromatic heterocycles. The molecule has 0 spiro atoms. The molecule has 2 N–H and O–H groups in total. The van der Waals surface area contributed by atoms with Crippen molar-refractivity contribution in [2.45, 2.75) is 12.5 Å². The quantitative estimate of drug-likeness (QED) is 0.854. The Hall–Kier alpha value is -0.880. The average molecular weight is 314 g/mol. The summed E-state index contributed by atoms with van der Waals surface area (Å²) < 4.78 is 1.17. The van der Waals surface area contributed by atoms with Gasteiger partial charge in [0.25, 0.3) is 0 Å². The van der Waals surface area contributed by atoms with Crippen molar-refractivity contribution >= 4 is 22.6 Å². The van der Waals surface area contributed by atoms with Gasteiger partial charge in [-0.2, -0.15) is 0 Å². The van der Waals surface area contributed by atoms with Crippen molar-refractivity contribution in [3.63, 3.8) is 0 Å². The van der Waals surface area contributed by atoms with Crippen molar-refractivity contribution in [1.82, 2.24) is 9.97 Å². The summed E-state index contributed by atoms with van der Waals surface area (Å²) in [5.41, 5.74) is 0.923. The number of H-pyrrole nitrogens is 1. The highest BCUT2D eigenvalue weighted by Gasteiger charge is 2.09. The van der Waals surface area contributed by atoms with Gasteiger partial charge in [-0.1, -0.05) is 12.1 Å². The summed E-state index contributed by atoms with van der Waals surface area (Å²) in [6, 6.07) is 7.85. The van der Waals surface area contributed by atoms with Crippen LogP contribution in [0.2, 0.25) is 0 Å². The predicted molar refractivity (Wildman–Crippen MR) is 66.4 cm³/mol. The number of aromatic nitrogens is 2. The first-order valence-corrected chi connectivity index (χ1v) is 5.75. The van der Waals surface area contributed by atoms with Crippen molar-refractivity contribution in [3.8, 4) is 0 Å². The molecule has 0 amide bonds. The van der Waals surface area contributed by atoms with E-state index in [9.17, 15) is 5.11 Å². The summed E-state index contributed by atoms with van der Waals surface area (Å²) in [5.74, 6) is 0.807. The SMILES string of the molecule is OC(Cc1ncc[nH]1)c1ccc(I)cc1. The second kappa shape index (κ2) is 4.76. The number of rotatable bonds is 3. The van der Waals surface area contributed by atoms with Crippen molar-refractivity contribution < 1.29 is 5.11 Å². The van der Waals surface area contributed by atoms with Gasteiger partial charge in [-0.15, -0.1) is 0 Å². The summed E-state index contributed by atoms with van der Waals surface area (Å²) in [6.07, 6.45) is 3.48. The van der Waals surface area contributed by atoms with Crippen molar-refractivity contribution in [1.29, 1.82) is 0 Å². The van der Waals surface area contributed by atoms with Crippen molar-refractivity contribution in [2.24, 2.45) is 0 Å². The highest BCUT2D eigenvalue weighted by molar-refractivity contribution is 14.1.